The molecule has 1 N–H and O–H groups in total. The van der Waals surface area contributed by atoms with Gasteiger partial charge in [0.1, 0.15) is 5.82 Å². The van der Waals surface area contributed by atoms with Gasteiger partial charge in [-0.3, -0.25) is 0 Å². The largest absolute Gasteiger partial charge is 0.416 e. The Bertz CT molecular complexity index is 464. The number of nitrogens with zero attached hydrogens (tertiary/aromatic N) is 1. The fraction of sp³-hybridized carbons (Fsp3) is 0.417. The maximum Gasteiger partial charge on any atom is 0.416 e. The van der Waals surface area contributed by atoms with Crippen LogP contribution in [0, 0.1) is 23.1 Å². The molecule has 1 aromatic rings. The minimum absolute atomic E-state index is 0.201. The van der Waals surface area contributed by atoms with Crippen molar-refractivity contribution in [1.29, 1.82) is 5.26 Å². The van der Waals surface area contributed by atoms with Crippen molar-refractivity contribution in [3.05, 3.63) is 35.1 Å². The fourth-order valence-corrected chi connectivity index (χ4v) is 1.63. The zero-order valence-electron chi connectivity index (χ0n) is 9.50. The Hall–Kier alpha value is -1.61. The van der Waals surface area contributed by atoms with Gasteiger partial charge in [-0.2, -0.15) is 18.4 Å². The molecule has 0 heterocycles. The Labute approximate surface area is 101 Å². The van der Waals surface area contributed by atoms with Crippen molar-refractivity contribution in [2.24, 2.45) is 5.92 Å². The molecule has 2 unspecified atom stereocenters. The Morgan fingerprint density at radius 3 is 2.44 bits per heavy atom. The van der Waals surface area contributed by atoms with Crippen LogP contribution in [0.15, 0.2) is 18.2 Å². The monoisotopic (exact) mass is 261 g/mol. The molecule has 1 rings (SSSR count). The Morgan fingerprint density at radius 1 is 1.39 bits per heavy atom. The van der Waals surface area contributed by atoms with Crippen LogP contribution in [0.4, 0.5) is 17.6 Å². The number of hydrogen-bond acceptors (Lipinski definition) is 2. The Kier molecular flexibility index (Phi) is 4.30. The minimum atomic E-state index is -4.77. The number of alkyl halides is 3. The molecule has 0 aliphatic carbocycles. The van der Waals surface area contributed by atoms with Crippen molar-refractivity contribution >= 4 is 0 Å². The second-order valence-corrected chi connectivity index (χ2v) is 3.82. The van der Waals surface area contributed by atoms with Gasteiger partial charge in [-0.05, 0) is 24.1 Å². The van der Waals surface area contributed by atoms with Crippen molar-refractivity contribution in [1.82, 2.24) is 0 Å². The van der Waals surface area contributed by atoms with Gasteiger partial charge in [-0.15, -0.1) is 0 Å². The summed E-state index contributed by atoms with van der Waals surface area (Å²) in [5, 5.41) is 18.5. The van der Waals surface area contributed by atoms with Gasteiger partial charge in [0.25, 0.3) is 0 Å². The molecular weight excluding hydrogens is 250 g/mol. The topological polar surface area (TPSA) is 44.0 Å². The molecule has 0 amide bonds. The third-order valence-electron chi connectivity index (χ3n) is 2.63. The molecule has 6 heteroatoms. The van der Waals surface area contributed by atoms with Crippen LogP contribution < -0.4 is 0 Å². The Balaban J connectivity index is 3.29. The minimum Gasteiger partial charge on any atom is -0.387 e. The molecule has 0 spiro atoms. The summed E-state index contributed by atoms with van der Waals surface area (Å²) >= 11 is 0. The van der Waals surface area contributed by atoms with Crippen LogP contribution in [0.3, 0.4) is 0 Å². The lowest BCUT2D eigenvalue weighted by atomic mass is 9.91. The first kappa shape index (κ1) is 14.5. The summed E-state index contributed by atoms with van der Waals surface area (Å²) in [6.45, 7) is 1.58. The smallest absolute Gasteiger partial charge is 0.387 e. The van der Waals surface area contributed by atoms with Gasteiger partial charge in [-0.1, -0.05) is 13.0 Å². The molecule has 0 bridgehead atoms. The maximum atomic E-state index is 12.9. The highest BCUT2D eigenvalue weighted by molar-refractivity contribution is 5.33. The number of aliphatic hydroxyl groups is 1. The molecule has 0 aliphatic heterocycles. The highest BCUT2D eigenvalue weighted by Crippen LogP contribution is 2.37. The highest BCUT2D eigenvalue weighted by Gasteiger charge is 2.36. The molecule has 0 aromatic heterocycles. The molecule has 1 aromatic carbocycles. The predicted molar refractivity (Wildman–Crippen MR) is 55.8 cm³/mol. The average Bonchev–Trinajstić information content (AvgIpc) is 2.29. The first-order valence-corrected chi connectivity index (χ1v) is 5.25. The van der Waals surface area contributed by atoms with E-state index >= 15 is 0 Å². The van der Waals surface area contributed by atoms with Gasteiger partial charge < -0.3 is 5.11 Å². The summed E-state index contributed by atoms with van der Waals surface area (Å²) in [6.07, 6.45) is -6.16. The van der Waals surface area contributed by atoms with Gasteiger partial charge in [0.2, 0.25) is 0 Å². The number of rotatable bonds is 3. The zero-order chi connectivity index (χ0) is 13.9. The van der Waals surface area contributed by atoms with Crippen molar-refractivity contribution in [3.8, 4) is 6.07 Å². The van der Waals surface area contributed by atoms with Crippen LogP contribution in [0.5, 0.6) is 0 Å². The van der Waals surface area contributed by atoms with Crippen LogP contribution >= 0.6 is 0 Å². The molecular formula is C12H11F4NO. The molecule has 0 saturated carbocycles. The summed E-state index contributed by atoms with van der Waals surface area (Å²) in [7, 11) is 0. The summed E-state index contributed by atoms with van der Waals surface area (Å²) in [5.74, 6) is -2.00. The van der Waals surface area contributed by atoms with Gasteiger partial charge in [0.05, 0.1) is 23.7 Å². The molecule has 2 atom stereocenters. The van der Waals surface area contributed by atoms with E-state index < -0.39 is 35.1 Å². The molecule has 2 nitrogen and oxygen atoms in total. The maximum absolute atomic E-state index is 12.9. The predicted octanol–water partition coefficient (Wildman–Crippen LogP) is 3.43. The van der Waals surface area contributed by atoms with E-state index in [1.807, 2.05) is 0 Å². The number of halogens is 4. The first-order valence-electron chi connectivity index (χ1n) is 5.25. The Morgan fingerprint density at radius 2 is 2.00 bits per heavy atom. The molecule has 98 valence electrons. The molecule has 0 aliphatic rings. The van der Waals surface area contributed by atoms with Crippen molar-refractivity contribution in [2.45, 2.75) is 25.6 Å². The molecule has 0 fully saturated rings. The number of hydrogen-bond donors (Lipinski definition) is 1. The quantitative estimate of drug-likeness (QED) is 0.847. The number of benzene rings is 1. The van der Waals surface area contributed by atoms with Gasteiger partial charge in [0, 0.05) is 0 Å². The third kappa shape index (κ3) is 2.99. The first-order chi connectivity index (χ1) is 8.31. The summed E-state index contributed by atoms with van der Waals surface area (Å²) < 4.78 is 51.0. The normalized spacial score (nSPS) is 14.9. The highest BCUT2D eigenvalue weighted by atomic mass is 19.4. The van der Waals surface area contributed by atoms with E-state index in [0.717, 1.165) is 12.1 Å². The summed E-state index contributed by atoms with van der Waals surface area (Å²) in [5.41, 5.74) is -1.72. The fourth-order valence-electron chi connectivity index (χ4n) is 1.63. The molecule has 18 heavy (non-hydrogen) atoms. The van der Waals surface area contributed by atoms with Crippen LogP contribution in [0.2, 0.25) is 0 Å². The van der Waals surface area contributed by atoms with Crippen LogP contribution in [-0.2, 0) is 6.18 Å². The van der Waals surface area contributed by atoms with E-state index in [1.165, 1.54) is 0 Å². The van der Waals surface area contributed by atoms with Crippen molar-refractivity contribution in [2.75, 3.05) is 0 Å². The number of aliphatic hydroxyl groups excluding tert-OH is 1. The van der Waals surface area contributed by atoms with Crippen molar-refractivity contribution in [3.63, 3.8) is 0 Å². The van der Waals surface area contributed by atoms with E-state index in [4.69, 9.17) is 5.26 Å². The van der Waals surface area contributed by atoms with Crippen LogP contribution in [0.1, 0.15) is 30.6 Å². The van der Waals surface area contributed by atoms with Gasteiger partial charge in [-0.25, -0.2) is 4.39 Å². The van der Waals surface area contributed by atoms with Crippen LogP contribution in [0.25, 0.3) is 0 Å². The van der Waals surface area contributed by atoms with Crippen LogP contribution in [-0.4, -0.2) is 5.11 Å². The summed E-state index contributed by atoms with van der Waals surface area (Å²) in [4.78, 5) is 0. The third-order valence-corrected chi connectivity index (χ3v) is 2.63. The average molecular weight is 261 g/mol. The van der Waals surface area contributed by atoms with Gasteiger partial charge >= 0.3 is 6.18 Å². The second-order valence-electron chi connectivity index (χ2n) is 3.82. The second kappa shape index (κ2) is 5.36. The SMILES string of the molecule is CCC(C#N)C(O)c1ccc(F)cc1C(F)(F)F. The van der Waals surface area contributed by atoms with E-state index in [-0.39, 0.29) is 6.42 Å². The number of nitriles is 1. The van der Waals surface area contributed by atoms with E-state index in [0.29, 0.717) is 6.07 Å². The standard InChI is InChI=1S/C12H11F4NO/c1-2-7(6-17)11(18)9-4-3-8(13)5-10(9)12(14,15)16/h3-5,7,11,18H,2H2,1H3. The lowest BCUT2D eigenvalue weighted by Gasteiger charge is -2.20. The van der Waals surface area contributed by atoms with Gasteiger partial charge in [0.15, 0.2) is 0 Å². The zero-order valence-corrected chi connectivity index (χ0v) is 9.50. The van der Waals surface area contributed by atoms with E-state index in [9.17, 15) is 22.7 Å². The van der Waals surface area contributed by atoms with Crippen molar-refractivity contribution < 1.29 is 22.7 Å². The van der Waals surface area contributed by atoms with E-state index in [1.54, 1.807) is 13.0 Å². The lowest BCUT2D eigenvalue weighted by Crippen LogP contribution is -2.17. The summed E-state index contributed by atoms with van der Waals surface area (Å²) in [6, 6.07) is 3.75. The molecule has 0 saturated heterocycles. The lowest BCUT2D eigenvalue weighted by molar-refractivity contribution is -0.139. The molecule has 0 radical (unpaired) electrons. The van der Waals surface area contributed by atoms with E-state index in [2.05, 4.69) is 0 Å².